The average molecular weight is 337 g/mol. The van der Waals surface area contributed by atoms with E-state index in [0.29, 0.717) is 16.4 Å². The molecule has 22 heavy (non-hydrogen) atoms. The number of hydrogen-bond acceptors (Lipinski definition) is 6. The molecule has 0 aliphatic rings. The van der Waals surface area contributed by atoms with E-state index in [1.54, 1.807) is 29.6 Å². The van der Waals surface area contributed by atoms with Crippen molar-refractivity contribution in [1.29, 1.82) is 0 Å². The summed E-state index contributed by atoms with van der Waals surface area (Å²) < 4.78 is 6.29. The van der Waals surface area contributed by atoms with Crippen molar-refractivity contribution in [2.75, 3.05) is 0 Å². The summed E-state index contributed by atoms with van der Waals surface area (Å²) in [6.07, 6.45) is 0. The monoisotopic (exact) mass is 336 g/mol. The van der Waals surface area contributed by atoms with Gasteiger partial charge in [-0.15, -0.1) is 11.3 Å². The van der Waals surface area contributed by atoms with E-state index < -0.39 is 5.63 Å². The van der Waals surface area contributed by atoms with Crippen LogP contribution in [0.5, 0.6) is 0 Å². The first-order valence-electron chi connectivity index (χ1n) is 6.12. The molecule has 1 N–H and O–H groups in total. The van der Waals surface area contributed by atoms with Crippen molar-refractivity contribution in [3.8, 4) is 17.1 Å². The molecule has 0 fully saturated rings. The Labute approximate surface area is 133 Å². The maximum Gasteiger partial charge on any atom is 0.437 e. The molecular formula is C13H9ClN4O3S. The van der Waals surface area contributed by atoms with Gasteiger partial charge >= 0.3 is 11.3 Å². The van der Waals surface area contributed by atoms with Crippen molar-refractivity contribution in [3.05, 3.63) is 45.1 Å². The van der Waals surface area contributed by atoms with Gasteiger partial charge in [-0.25, -0.2) is 14.8 Å². The minimum atomic E-state index is -0.574. The summed E-state index contributed by atoms with van der Waals surface area (Å²) in [6.45, 7) is 1.33. The van der Waals surface area contributed by atoms with Gasteiger partial charge in [0.2, 0.25) is 10.8 Å². The van der Waals surface area contributed by atoms with Crippen molar-refractivity contribution >= 4 is 34.0 Å². The third-order valence-corrected chi connectivity index (χ3v) is 3.71. The second-order valence-electron chi connectivity index (χ2n) is 4.29. The van der Waals surface area contributed by atoms with Crippen molar-refractivity contribution in [1.82, 2.24) is 10.3 Å². The SMILES string of the molecule is C/C([O-])=N/c1nc(-c2c(=O)o[nH][n+]2-c2ccc(Cl)cc2)cs1. The lowest BCUT2D eigenvalue weighted by atomic mass is 10.3. The number of benzene rings is 1. The average Bonchev–Trinajstić information content (AvgIpc) is 3.05. The molecule has 0 saturated heterocycles. The molecule has 0 atom stereocenters. The molecular weight excluding hydrogens is 328 g/mol. The van der Waals surface area contributed by atoms with Gasteiger partial charge in [-0.1, -0.05) is 11.6 Å². The Morgan fingerprint density at radius 2 is 2.18 bits per heavy atom. The Kier molecular flexibility index (Phi) is 3.78. The van der Waals surface area contributed by atoms with Crippen LogP contribution in [0, 0.1) is 0 Å². The quantitative estimate of drug-likeness (QED) is 0.444. The van der Waals surface area contributed by atoms with Gasteiger partial charge < -0.3 is 5.11 Å². The topological polar surface area (TPSA) is 98.2 Å². The highest BCUT2D eigenvalue weighted by atomic mass is 35.5. The molecule has 1 aromatic carbocycles. The van der Waals surface area contributed by atoms with Gasteiger partial charge in [0, 0.05) is 22.5 Å². The summed E-state index contributed by atoms with van der Waals surface area (Å²) in [7, 11) is 0. The molecule has 2 aromatic heterocycles. The zero-order valence-corrected chi connectivity index (χ0v) is 12.8. The van der Waals surface area contributed by atoms with Crippen LogP contribution in [0.25, 0.3) is 17.1 Å². The van der Waals surface area contributed by atoms with E-state index in [4.69, 9.17) is 16.1 Å². The van der Waals surface area contributed by atoms with Crippen LogP contribution < -0.4 is 15.4 Å². The summed E-state index contributed by atoms with van der Waals surface area (Å²) in [5.41, 5.74) is 0.663. The van der Waals surface area contributed by atoms with Crippen LogP contribution in [0.15, 0.2) is 44.0 Å². The van der Waals surface area contributed by atoms with Crippen LogP contribution in [0.3, 0.4) is 0 Å². The number of H-pyrrole nitrogens is 1. The lowest BCUT2D eigenvalue weighted by molar-refractivity contribution is -0.660. The van der Waals surface area contributed by atoms with Gasteiger partial charge in [-0.05, 0) is 34.9 Å². The molecule has 0 saturated carbocycles. The molecule has 7 nitrogen and oxygen atoms in total. The van der Waals surface area contributed by atoms with E-state index >= 15 is 0 Å². The van der Waals surface area contributed by atoms with Gasteiger partial charge in [0.05, 0.1) is 0 Å². The Morgan fingerprint density at radius 1 is 1.45 bits per heavy atom. The summed E-state index contributed by atoms with van der Waals surface area (Å²) in [5, 5.41) is 16.0. The lowest BCUT2D eigenvalue weighted by Gasteiger charge is -1.97. The number of nitrogens with one attached hydrogen (secondary N) is 1. The summed E-state index contributed by atoms with van der Waals surface area (Å²) in [6, 6.07) is 6.84. The van der Waals surface area contributed by atoms with E-state index in [9.17, 15) is 9.90 Å². The maximum atomic E-state index is 11.9. The summed E-state index contributed by atoms with van der Waals surface area (Å²) in [5.74, 6) is -0.354. The molecule has 112 valence electrons. The number of hydrogen-bond donors (Lipinski definition) is 1. The third kappa shape index (κ3) is 2.78. The molecule has 0 aliphatic heterocycles. The van der Waals surface area contributed by atoms with E-state index in [2.05, 4.69) is 15.2 Å². The Bertz CT molecular complexity index is 891. The molecule has 2 heterocycles. The van der Waals surface area contributed by atoms with Crippen molar-refractivity contribution in [2.45, 2.75) is 6.92 Å². The number of thiazole rings is 1. The Morgan fingerprint density at radius 3 is 2.86 bits per heavy atom. The van der Waals surface area contributed by atoms with Gasteiger partial charge in [-0.3, -0.25) is 4.52 Å². The second kappa shape index (κ2) is 5.74. The summed E-state index contributed by atoms with van der Waals surface area (Å²) >= 11 is 7.02. The Hall–Kier alpha value is -2.45. The number of nitrogens with zero attached hydrogens (tertiary/aromatic N) is 3. The number of aromatic nitrogens is 3. The number of aliphatic imine (C=N–C) groups is 1. The molecule has 0 unspecified atom stereocenters. The fourth-order valence-corrected chi connectivity index (χ4v) is 2.66. The van der Waals surface area contributed by atoms with Crippen molar-refractivity contribution < 1.29 is 14.3 Å². The maximum absolute atomic E-state index is 11.9. The number of aromatic amines is 1. The van der Waals surface area contributed by atoms with Gasteiger partial charge in [0.15, 0.2) is 5.69 Å². The minimum absolute atomic E-state index is 0.212. The van der Waals surface area contributed by atoms with Crippen LogP contribution >= 0.6 is 22.9 Å². The highest BCUT2D eigenvalue weighted by Crippen LogP contribution is 2.23. The predicted molar refractivity (Wildman–Crippen MR) is 79.7 cm³/mol. The summed E-state index contributed by atoms with van der Waals surface area (Å²) in [4.78, 5) is 19.8. The fourth-order valence-electron chi connectivity index (χ4n) is 1.82. The van der Waals surface area contributed by atoms with Crippen molar-refractivity contribution in [2.24, 2.45) is 4.99 Å². The first kappa shape index (κ1) is 14.5. The zero-order valence-electron chi connectivity index (χ0n) is 11.2. The minimum Gasteiger partial charge on any atom is -0.862 e. The lowest BCUT2D eigenvalue weighted by Crippen LogP contribution is -2.36. The van der Waals surface area contributed by atoms with Crippen LogP contribution in [0.1, 0.15) is 6.92 Å². The largest absolute Gasteiger partial charge is 0.862 e. The zero-order chi connectivity index (χ0) is 15.7. The van der Waals surface area contributed by atoms with E-state index in [-0.39, 0.29) is 16.7 Å². The first-order valence-corrected chi connectivity index (χ1v) is 7.38. The molecule has 3 aromatic rings. The number of rotatable bonds is 3. The standard InChI is InChI=1S/C13H9ClN4O3S/c1-7(19)15-13-16-10(6-22-13)11-12(20)21-17-18(11)9-4-2-8(14)3-5-9/h2-6H,1H3,(H-,15,16,17,19,20). The molecule has 0 spiro atoms. The fraction of sp³-hybridized carbons (Fsp3) is 0.0769. The van der Waals surface area contributed by atoms with Crippen molar-refractivity contribution in [3.63, 3.8) is 0 Å². The van der Waals surface area contributed by atoms with Crippen LogP contribution in [0.4, 0.5) is 5.13 Å². The molecule has 3 rings (SSSR count). The molecule has 0 aliphatic carbocycles. The third-order valence-electron chi connectivity index (χ3n) is 2.72. The Balaban J connectivity index is 2.10. The number of halogens is 1. The molecule has 0 amide bonds. The van der Waals surface area contributed by atoms with E-state index in [1.807, 2.05) is 0 Å². The van der Waals surface area contributed by atoms with Crippen LogP contribution in [0.2, 0.25) is 5.02 Å². The van der Waals surface area contributed by atoms with Gasteiger partial charge in [-0.2, -0.15) is 0 Å². The molecule has 0 radical (unpaired) electrons. The van der Waals surface area contributed by atoms with E-state index in [0.717, 1.165) is 11.3 Å². The second-order valence-corrected chi connectivity index (χ2v) is 5.56. The smallest absolute Gasteiger partial charge is 0.437 e. The van der Waals surface area contributed by atoms with Crippen LogP contribution in [-0.4, -0.2) is 16.2 Å². The van der Waals surface area contributed by atoms with E-state index in [1.165, 1.54) is 11.6 Å². The van der Waals surface area contributed by atoms with Gasteiger partial charge in [0.1, 0.15) is 0 Å². The molecule has 9 heteroatoms. The first-order chi connectivity index (χ1) is 10.5. The highest BCUT2D eigenvalue weighted by molar-refractivity contribution is 7.13. The predicted octanol–water partition coefficient (Wildman–Crippen LogP) is 1.43. The highest BCUT2D eigenvalue weighted by Gasteiger charge is 2.27. The normalized spacial score (nSPS) is 11.8. The van der Waals surface area contributed by atoms with Gasteiger partial charge in [0.25, 0.3) is 0 Å². The molecule has 0 bridgehead atoms. The van der Waals surface area contributed by atoms with Crippen LogP contribution in [-0.2, 0) is 0 Å².